The van der Waals surface area contributed by atoms with Gasteiger partial charge >= 0.3 is 0 Å². The molecule has 5 nitrogen and oxygen atoms in total. The lowest BCUT2D eigenvalue weighted by Gasteiger charge is -2.17. The molecule has 0 saturated heterocycles. The van der Waals surface area contributed by atoms with Crippen LogP contribution in [0.15, 0.2) is 58.8 Å². The van der Waals surface area contributed by atoms with Gasteiger partial charge in [-0.3, -0.25) is 4.79 Å². The van der Waals surface area contributed by atoms with Gasteiger partial charge in [0.2, 0.25) is 15.9 Å². The number of hydrogen-bond donors (Lipinski definition) is 1. The number of carbonyl (C=O) groups excluding carboxylic acids is 1. The van der Waals surface area contributed by atoms with E-state index in [0.717, 1.165) is 4.31 Å². The second kappa shape index (κ2) is 8.39. The van der Waals surface area contributed by atoms with Gasteiger partial charge in [0, 0.05) is 23.3 Å². The summed E-state index contributed by atoms with van der Waals surface area (Å²) in [5.74, 6) is -0.338. The first-order valence-electron chi connectivity index (χ1n) is 8.31. The molecule has 1 aromatic heterocycles. The van der Waals surface area contributed by atoms with Crippen molar-refractivity contribution in [3.63, 3.8) is 0 Å². The molecule has 0 fully saturated rings. The lowest BCUT2D eigenvalue weighted by molar-refractivity contribution is -0.121. The van der Waals surface area contributed by atoms with Gasteiger partial charge in [-0.15, -0.1) is 11.3 Å². The van der Waals surface area contributed by atoms with Crippen molar-refractivity contribution < 1.29 is 13.2 Å². The van der Waals surface area contributed by atoms with Crippen LogP contribution in [0.2, 0.25) is 5.02 Å². The molecule has 8 heteroatoms. The molecule has 0 aliphatic carbocycles. The Kier molecular flexibility index (Phi) is 6.16. The molecule has 0 aliphatic heterocycles. The number of thiophene rings is 1. The van der Waals surface area contributed by atoms with Gasteiger partial charge in [0.1, 0.15) is 0 Å². The number of carbonyl (C=O) groups is 1. The Balaban J connectivity index is 1.55. The van der Waals surface area contributed by atoms with Crippen molar-refractivity contribution in [1.29, 1.82) is 0 Å². The number of rotatable bonds is 7. The molecule has 0 atom stereocenters. The highest BCUT2D eigenvalue weighted by atomic mass is 35.5. The molecule has 1 heterocycles. The minimum atomic E-state index is -3.73. The molecule has 142 valence electrons. The van der Waals surface area contributed by atoms with Crippen LogP contribution >= 0.6 is 22.9 Å². The van der Waals surface area contributed by atoms with E-state index in [2.05, 4.69) is 22.8 Å². The van der Waals surface area contributed by atoms with Crippen molar-refractivity contribution in [1.82, 2.24) is 9.62 Å². The van der Waals surface area contributed by atoms with Crippen molar-refractivity contribution in [3.05, 3.63) is 64.5 Å². The van der Waals surface area contributed by atoms with Crippen LogP contribution in [0.3, 0.4) is 0 Å². The van der Waals surface area contributed by atoms with Crippen LogP contribution in [0.1, 0.15) is 5.56 Å². The van der Waals surface area contributed by atoms with Gasteiger partial charge in [-0.25, -0.2) is 8.42 Å². The molecule has 3 aromatic rings. The van der Waals surface area contributed by atoms with E-state index in [-0.39, 0.29) is 17.3 Å². The second-order valence-electron chi connectivity index (χ2n) is 6.07. The van der Waals surface area contributed by atoms with Crippen molar-refractivity contribution in [2.24, 2.45) is 0 Å². The Morgan fingerprint density at radius 1 is 1.15 bits per heavy atom. The number of nitrogens with zero attached hydrogens (tertiary/aromatic N) is 1. The maximum absolute atomic E-state index is 12.5. The Hall–Kier alpha value is -1.93. The fourth-order valence-electron chi connectivity index (χ4n) is 2.69. The maximum Gasteiger partial charge on any atom is 0.243 e. The van der Waals surface area contributed by atoms with Crippen LogP contribution < -0.4 is 5.32 Å². The van der Waals surface area contributed by atoms with E-state index >= 15 is 0 Å². The van der Waals surface area contributed by atoms with E-state index in [4.69, 9.17) is 11.6 Å². The summed E-state index contributed by atoms with van der Waals surface area (Å²) in [5.41, 5.74) is 1.18. The van der Waals surface area contributed by atoms with E-state index in [1.165, 1.54) is 47.0 Å². The lowest BCUT2D eigenvalue weighted by atomic mass is 10.1. The molecular formula is C19H19ClN2O3S2. The zero-order valence-corrected chi connectivity index (χ0v) is 17.1. The van der Waals surface area contributed by atoms with Gasteiger partial charge in [-0.1, -0.05) is 29.8 Å². The average Bonchev–Trinajstić information content (AvgIpc) is 3.05. The van der Waals surface area contributed by atoms with Gasteiger partial charge in [0.25, 0.3) is 0 Å². The number of nitrogens with one attached hydrogen (secondary N) is 1. The van der Waals surface area contributed by atoms with E-state index in [1.807, 2.05) is 12.1 Å². The molecule has 0 bridgehead atoms. The smallest absolute Gasteiger partial charge is 0.243 e. The van der Waals surface area contributed by atoms with Crippen LogP contribution in [0.5, 0.6) is 0 Å². The van der Waals surface area contributed by atoms with Crippen molar-refractivity contribution in [2.75, 3.05) is 20.1 Å². The molecular weight excluding hydrogens is 404 g/mol. The quantitative estimate of drug-likeness (QED) is 0.633. The molecule has 0 spiro atoms. The number of sulfonamides is 1. The first-order valence-corrected chi connectivity index (χ1v) is 11.0. The number of likely N-dealkylation sites (N-methyl/N-ethyl adjacent to an activating group) is 1. The normalized spacial score (nSPS) is 11.8. The molecule has 27 heavy (non-hydrogen) atoms. The minimum Gasteiger partial charge on any atom is -0.355 e. The Labute approximate surface area is 167 Å². The zero-order valence-electron chi connectivity index (χ0n) is 14.7. The Morgan fingerprint density at radius 2 is 1.85 bits per heavy atom. The van der Waals surface area contributed by atoms with Crippen LogP contribution in [0.25, 0.3) is 10.1 Å². The van der Waals surface area contributed by atoms with Crippen LogP contribution in [-0.4, -0.2) is 38.8 Å². The van der Waals surface area contributed by atoms with Gasteiger partial charge in [0.05, 0.1) is 11.4 Å². The summed E-state index contributed by atoms with van der Waals surface area (Å²) in [5, 5.41) is 6.53. The first kappa shape index (κ1) is 19.8. The van der Waals surface area contributed by atoms with Crippen LogP contribution in [-0.2, 0) is 21.2 Å². The fraction of sp³-hybridized carbons (Fsp3) is 0.211. The molecule has 2 aromatic carbocycles. The number of benzene rings is 2. The third-order valence-electron chi connectivity index (χ3n) is 4.17. The molecule has 3 rings (SSSR count). The molecule has 1 N–H and O–H groups in total. The van der Waals surface area contributed by atoms with E-state index in [9.17, 15) is 13.2 Å². The molecule has 0 saturated carbocycles. The van der Waals surface area contributed by atoms with Gasteiger partial charge in [-0.2, -0.15) is 4.31 Å². The van der Waals surface area contributed by atoms with Gasteiger partial charge < -0.3 is 5.32 Å². The third-order valence-corrected chi connectivity index (χ3v) is 7.25. The maximum atomic E-state index is 12.5. The van der Waals surface area contributed by atoms with E-state index in [1.54, 1.807) is 11.3 Å². The highest BCUT2D eigenvalue weighted by Gasteiger charge is 2.22. The zero-order chi connectivity index (χ0) is 19.4. The highest BCUT2D eigenvalue weighted by molar-refractivity contribution is 7.89. The van der Waals surface area contributed by atoms with Gasteiger partial charge in [-0.05, 0) is 53.1 Å². The summed E-state index contributed by atoms with van der Waals surface area (Å²) in [7, 11) is -2.35. The summed E-state index contributed by atoms with van der Waals surface area (Å²) in [6.45, 7) is 0.212. The molecule has 1 amide bonds. The SMILES string of the molecule is CN(CC(=O)NCCc1csc2ccccc12)S(=O)(=O)c1ccc(Cl)cc1. The van der Waals surface area contributed by atoms with Gasteiger partial charge in [0.15, 0.2) is 0 Å². The Morgan fingerprint density at radius 3 is 2.59 bits per heavy atom. The minimum absolute atomic E-state index is 0.104. The first-order chi connectivity index (χ1) is 12.9. The van der Waals surface area contributed by atoms with Crippen molar-refractivity contribution in [2.45, 2.75) is 11.3 Å². The summed E-state index contributed by atoms with van der Waals surface area (Å²) in [6.07, 6.45) is 0.698. The van der Waals surface area contributed by atoms with E-state index in [0.29, 0.717) is 18.0 Å². The largest absolute Gasteiger partial charge is 0.355 e. The average molecular weight is 423 g/mol. The van der Waals surface area contributed by atoms with Crippen LogP contribution in [0.4, 0.5) is 0 Å². The number of hydrogen-bond acceptors (Lipinski definition) is 4. The van der Waals surface area contributed by atoms with Crippen LogP contribution in [0, 0.1) is 0 Å². The van der Waals surface area contributed by atoms with Crippen molar-refractivity contribution >= 4 is 49.0 Å². The number of fused-ring (bicyclic) bond motifs is 1. The number of halogens is 1. The highest BCUT2D eigenvalue weighted by Crippen LogP contribution is 2.25. The predicted molar refractivity (Wildman–Crippen MR) is 110 cm³/mol. The summed E-state index contributed by atoms with van der Waals surface area (Å²) in [6, 6.07) is 14.0. The fourth-order valence-corrected chi connectivity index (χ4v) is 4.94. The molecule has 0 radical (unpaired) electrons. The molecule has 0 unspecified atom stereocenters. The van der Waals surface area contributed by atoms with Crippen molar-refractivity contribution in [3.8, 4) is 0 Å². The lowest BCUT2D eigenvalue weighted by Crippen LogP contribution is -2.39. The summed E-state index contributed by atoms with van der Waals surface area (Å²) in [4.78, 5) is 12.2. The molecule has 0 aliphatic rings. The standard InChI is InChI=1S/C19H19ClN2O3S2/c1-22(27(24,25)16-8-6-15(20)7-9-16)12-19(23)21-11-10-14-13-26-18-5-3-2-4-17(14)18/h2-9,13H,10-12H2,1H3,(H,21,23). The third kappa shape index (κ3) is 4.68. The summed E-state index contributed by atoms with van der Waals surface area (Å²) < 4.78 is 27.2. The monoisotopic (exact) mass is 422 g/mol. The Bertz CT molecular complexity index is 1050. The second-order valence-corrected chi connectivity index (χ2v) is 9.46. The van der Waals surface area contributed by atoms with E-state index < -0.39 is 10.0 Å². The summed E-state index contributed by atoms with van der Waals surface area (Å²) >= 11 is 7.47. The number of amides is 1. The predicted octanol–water partition coefficient (Wildman–Crippen LogP) is 3.53. The topological polar surface area (TPSA) is 66.5 Å².